The van der Waals surface area contributed by atoms with Crippen molar-refractivity contribution in [3.8, 4) is 0 Å². The first-order chi connectivity index (χ1) is 9.49. The maximum absolute atomic E-state index is 13.1. The number of benzene rings is 2. The van der Waals surface area contributed by atoms with Crippen LogP contribution in [0.25, 0.3) is 0 Å². The highest BCUT2D eigenvalue weighted by atomic mass is 19.2. The molecule has 0 saturated carbocycles. The fourth-order valence-electron chi connectivity index (χ4n) is 1.90. The summed E-state index contributed by atoms with van der Waals surface area (Å²) in [5.41, 5.74) is 7.21. The maximum Gasteiger partial charge on any atom is 0.251 e. The summed E-state index contributed by atoms with van der Waals surface area (Å²) in [5.74, 6) is -2.52. The van der Waals surface area contributed by atoms with E-state index in [-0.39, 0.29) is 11.6 Å². The van der Waals surface area contributed by atoms with Crippen LogP contribution in [0.2, 0.25) is 0 Å². The summed E-state index contributed by atoms with van der Waals surface area (Å²) in [5, 5.41) is 2.69. The molecule has 0 aromatic heterocycles. The first-order valence-electron chi connectivity index (χ1n) is 6.09. The van der Waals surface area contributed by atoms with Crippen LogP contribution in [0.5, 0.6) is 0 Å². The predicted octanol–water partition coefficient (Wildman–Crippen LogP) is 3.04. The summed E-state index contributed by atoms with van der Waals surface area (Å²) >= 11 is 0. The van der Waals surface area contributed by atoms with Gasteiger partial charge in [0.05, 0.1) is 6.04 Å². The highest BCUT2D eigenvalue weighted by Crippen LogP contribution is 2.20. The number of hydrogen-bond acceptors (Lipinski definition) is 2. The van der Waals surface area contributed by atoms with Gasteiger partial charge in [-0.1, -0.05) is 18.2 Å². The zero-order valence-corrected chi connectivity index (χ0v) is 10.9. The number of carbonyl (C=O) groups excluding carboxylic acids is 1. The lowest BCUT2D eigenvalue weighted by molar-refractivity contribution is 0.0939. The van der Waals surface area contributed by atoms with Crippen LogP contribution < -0.4 is 11.1 Å². The molecule has 104 valence electrons. The molecule has 2 aromatic rings. The topological polar surface area (TPSA) is 55.1 Å². The van der Waals surface area contributed by atoms with Crippen molar-refractivity contribution in [2.45, 2.75) is 13.0 Å². The van der Waals surface area contributed by atoms with Gasteiger partial charge in [0.1, 0.15) is 0 Å². The molecule has 0 aliphatic carbocycles. The lowest BCUT2D eigenvalue weighted by Gasteiger charge is -2.16. The largest absolute Gasteiger partial charge is 0.398 e. The molecule has 3 N–H and O–H groups in total. The number of hydrogen-bond donors (Lipinski definition) is 2. The summed E-state index contributed by atoms with van der Waals surface area (Å²) in [4.78, 5) is 12.0. The van der Waals surface area contributed by atoms with Gasteiger partial charge in [0.2, 0.25) is 0 Å². The van der Waals surface area contributed by atoms with Crippen molar-refractivity contribution < 1.29 is 13.6 Å². The molecule has 20 heavy (non-hydrogen) atoms. The standard InChI is InChI=1S/C15H14F2N2O/c1-9(11-4-2-3-5-14(11)18)19-15(20)10-6-7-12(16)13(17)8-10/h2-9H,18H2,1H3,(H,19,20). The van der Waals surface area contributed by atoms with E-state index in [1.54, 1.807) is 25.1 Å². The van der Waals surface area contributed by atoms with Crippen LogP contribution in [0.4, 0.5) is 14.5 Å². The van der Waals surface area contributed by atoms with Gasteiger partial charge in [-0.2, -0.15) is 0 Å². The SMILES string of the molecule is CC(NC(=O)c1ccc(F)c(F)c1)c1ccccc1N. The van der Waals surface area contributed by atoms with E-state index in [2.05, 4.69) is 5.32 Å². The Balaban J connectivity index is 2.15. The number of nitrogens with one attached hydrogen (secondary N) is 1. The first-order valence-corrected chi connectivity index (χ1v) is 6.09. The lowest BCUT2D eigenvalue weighted by atomic mass is 10.1. The van der Waals surface area contributed by atoms with Crippen molar-refractivity contribution >= 4 is 11.6 Å². The van der Waals surface area contributed by atoms with E-state index in [1.165, 1.54) is 6.07 Å². The minimum Gasteiger partial charge on any atom is -0.398 e. The van der Waals surface area contributed by atoms with Crippen LogP contribution >= 0.6 is 0 Å². The van der Waals surface area contributed by atoms with Crippen molar-refractivity contribution in [2.24, 2.45) is 0 Å². The van der Waals surface area contributed by atoms with Crippen LogP contribution in [0.15, 0.2) is 42.5 Å². The van der Waals surface area contributed by atoms with Gasteiger partial charge in [-0.15, -0.1) is 0 Å². The van der Waals surface area contributed by atoms with Crippen LogP contribution in [-0.2, 0) is 0 Å². The van der Waals surface area contributed by atoms with Gasteiger partial charge in [-0.05, 0) is 36.8 Å². The summed E-state index contributed by atoms with van der Waals surface area (Å²) in [6, 6.07) is 9.82. The highest BCUT2D eigenvalue weighted by molar-refractivity contribution is 5.94. The molecular weight excluding hydrogens is 262 g/mol. The van der Waals surface area contributed by atoms with E-state index in [1.807, 2.05) is 6.07 Å². The van der Waals surface area contributed by atoms with Crippen LogP contribution in [0.1, 0.15) is 28.9 Å². The number of rotatable bonds is 3. The Morgan fingerprint density at radius 1 is 1.15 bits per heavy atom. The Morgan fingerprint density at radius 3 is 2.50 bits per heavy atom. The third kappa shape index (κ3) is 2.93. The summed E-state index contributed by atoms with van der Waals surface area (Å²) < 4.78 is 25.9. The molecule has 2 rings (SSSR count). The van der Waals surface area contributed by atoms with Crippen LogP contribution in [0.3, 0.4) is 0 Å². The molecule has 0 saturated heterocycles. The minimum atomic E-state index is -1.05. The molecule has 5 heteroatoms. The quantitative estimate of drug-likeness (QED) is 0.847. The summed E-state index contributed by atoms with van der Waals surface area (Å²) in [7, 11) is 0. The van der Waals surface area contributed by atoms with E-state index >= 15 is 0 Å². The second-order valence-electron chi connectivity index (χ2n) is 4.45. The van der Waals surface area contributed by atoms with Gasteiger partial charge in [-0.3, -0.25) is 4.79 Å². The zero-order valence-electron chi connectivity index (χ0n) is 10.9. The Kier molecular flexibility index (Phi) is 3.98. The normalized spacial score (nSPS) is 11.9. The molecule has 0 heterocycles. The molecule has 1 amide bonds. The first kappa shape index (κ1) is 14.0. The maximum atomic E-state index is 13.1. The molecular formula is C15H14F2N2O. The molecule has 0 spiro atoms. The summed E-state index contributed by atoms with van der Waals surface area (Å²) in [6.45, 7) is 1.77. The number of carbonyl (C=O) groups is 1. The fraction of sp³-hybridized carbons (Fsp3) is 0.133. The highest BCUT2D eigenvalue weighted by Gasteiger charge is 2.14. The third-order valence-electron chi connectivity index (χ3n) is 2.99. The zero-order chi connectivity index (χ0) is 14.7. The van der Waals surface area contributed by atoms with E-state index in [0.29, 0.717) is 5.69 Å². The number of amides is 1. The van der Waals surface area contributed by atoms with Crippen LogP contribution in [-0.4, -0.2) is 5.91 Å². The van der Waals surface area contributed by atoms with Crippen LogP contribution in [0, 0.1) is 11.6 Å². The van der Waals surface area contributed by atoms with E-state index in [0.717, 1.165) is 17.7 Å². The minimum absolute atomic E-state index is 0.0604. The number of nitrogens with two attached hydrogens (primary N) is 1. The molecule has 0 fully saturated rings. The van der Waals surface area contributed by atoms with Gasteiger partial charge < -0.3 is 11.1 Å². The van der Waals surface area contributed by atoms with Crippen molar-refractivity contribution in [3.63, 3.8) is 0 Å². The molecule has 3 nitrogen and oxygen atoms in total. The number of para-hydroxylation sites is 1. The molecule has 0 aliphatic rings. The van der Waals surface area contributed by atoms with Crippen molar-refractivity contribution in [2.75, 3.05) is 5.73 Å². The molecule has 1 unspecified atom stereocenters. The molecule has 0 aliphatic heterocycles. The van der Waals surface area contributed by atoms with E-state index in [9.17, 15) is 13.6 Å². The molecule has 0 bridgehead atoms. The van der Waals surface area contributed by atoms with Crippen molar-refractivity contribution in [1.29, 1.82) is 0 Å². The molecule has 0 radical (unpaired) electrons. The predicted molar refractivity (Wildman–Crippen MR) is 73.1 cm³/mol. The van der Waals surface area contributed by atoms with E-state index in [4.69, 9.17) is 5.73 Å². The number of nitrogen functional groups attached to an aromatic ring is 1. The Bertz CT molecular complexity index is 644. The molecule has 1 atom stereocenters. The summed E-state index contributed by atoms with van der Waals surface area (Å²) in [6.07, 6.45) is 0. The third-order valence-corrected chi connectivity index (χ3v) is 2.99. The number of anilines is 1. The van der Waals surface area contributed by atoms with Gasteiger partial charge >= 0.3 is 0 Å². The van der Waals surface area contributed by atoms with Gasteiger partial charge in [0, 0.05) is 11.3 Å². The second-order valence-corrected chi connectivity index (χ2v) is 4.45. The van der Waals surface area contributed by atoms with Crippen molar-refractivity contribution in [3.05, 3.63) is 65.2 Å². The van der Waals surface area contributed by atoms with Gasteiger partial charge in [0.15, 0.2) is 11.6 Å². The average molecular weight is 276 g/mol. The monoisotopic (exact) mass is 276 g/mol. The fourth-order valence-corrected chi connectivity index (χ4v) is 1.90. The Hall–Kier alpha value is -2.43. The average Bonchev–Trinajstić information content (AvgIpc) is 2.42. The smallest absolute Gasteiger partial charge is 0.251 e. The van der Waals surface area contributed by atoms with Gasteiger partial charge in [0.25, 0.3) is 5.91 Å². The van der Waals surface area contributed by atoms with E-state index < -0.39 is 17.5 Å². The van der Waals surface area contributed by atoms with Gasteiger partial charge in [-0.25, -0.2) is 8.78 Å². The molecule has 2 aromatic carbocycles. The number of halogens is 2. The van der Waals surface area contributed by atoms with Crippen molar-refractivity contribution in [1.82, 2.24) is 5.32 Å². The Morgan fingerprint density at radius 2 is 1.85 bits per heavy atom. The second kappa shape index (κ2) is 5.69. The lowest BCUT2D eigenvalue weighted by Crippen LogP contribution is -2.27. The Labute approximate surface area is 115 Å².